The second kappa shape index (κ2) is 4.91. The van der Waals surface area contributed by atoms with E-state index in [1.807, 2.05) is 0 Å². The first-order valence-corrected chi connectivity index (χ1v) is 4.30. The van der Waals surface area contributed by atoms with E-state index < -0.39 is 5.91 Å². The smallest absolute Gasteiger partial charge is 0.291 e. The molecular formula is C8H6Cl2N2O2. The van der Waals surface area contributed by atoms with E-state index in [0.29, 0.717) is 0 Å². The number of aromatic nitrogens is 1. The molecule has 0 unspecified atom stereocenters. The van der Waals surface area contributed by atoms with Gasteiger partial charge in [-0.15, -0.1) is 6.42 Å². The Balaban J connectivity index is 2.57. The van der Waals surface area contributed by atoms with Gasteiger partial charge in [0.2, 0.25) is 0 Å². The van der Waals surface area contributed by atoms with Crippen molar-refractivity contribution in [3.63, 3.8) is 0 Å². The Labute approximate surface area is 90.5 Å². The summed E-state index contributed by atoms with van der Waals surface area (Å²) in [6, 6.07) is 1.39. The minimum Gasteiger partial charge on any atom is -0.340 e. The normalized spacial score (nSPS) is 9.50. The van der Waals surface area contributed by atoms with Gasteiger partial charge in [0, 0.05) is 0 Å². The third-order valence-corrected chi connectivity index (χ3v) is 1.98. The van der Waals surface area contributed by atoms with E-state index in [4.69, 9.17) is 29.6 Å². The molecule has 1 aromatic heterocycles. The number of carbonyl (C=O) groups excluding carboxylic acids is 1. The number of hydrogen-bond acceptors (Lipinski definition) is 2. The summed E-state index contributed by atoms with van der Waals surface area (Å²) in [5.41, 5.74) is 2.32. The van der Waals surface area contributed by atoms with Gasteiger partial charge >= 0.3 is 0 Å². The summed E-state index contributed by atoms with van der Waals surface area (Å²) in [5.74, 6) is 1.70. The van der Waals surface area contributed by atoms with Crippen LogP contribution in [0.1, 0.15) is 10.5 Å². The molecule has 0 spiro atoms. The van der Waals surface area contributed by atoms with Crippen LogP contribution in [-0.2, 0) is 4.84 Å². The number of halogens is 2. The average molecular weight is 233 g/mol. The summed E-state index contributed by atoms with van der Waals surface area (Å²) in [6.07, 6.45) is 4.91. The Hall–Kier alpha value is -1.15. The lowest BCUT2D eigenvalue weighted by molar-refractivity contribution is 0.0434. The Bertz CT molecular complexity index is 362. The number of carbonyl (C=O) groups is 1. The zero-order valence-corrected chi connectivity index (χ0v) is 8.45. The molecule has 0 aliphatic rings. The number of terminal acetylenes is 1. The highest BCUT2D eigenvalue weighted by atomic mass is 35.5. The molecule has 0 bridgehead atoms. The zero-order chi connectivity index (χ0) is 10.6. The third kappa shape index (κ3) is 2.67. The summed E-state index contributed by atoms with van der Waals surface area (Å²) in [4.78, 5) is 18.4. The van der Waals surface area contributed by atoms with Crippen molar-refractivity contribution in [2.75, 3.05) is 6.61 Å². The van der Waals surface area contributed by atoms with Crippen molar-refractivity contribution in [1.29, 1.82) is 0 Å². The van der Waals surface area contributed by atoms with E-state index >= 15 is 0 Å². The van der Waals surface area contributed by atoms with E-state index in [1.165, 1.54) is 6.07 Å². The lowest BCUT2D eigenvalue weighted by Gasteiger charge is -1.99. The van der Waals surface area contributed by atoms with Crippen molar-refractivity contribution in [2.24, 2.45) is 0 Å². The van der Waals surface area contributed by atoms with Crippen LogP contribution in [0, 0.1) is 12.3 Å². The van der Waals surface area contributed by atoms with Crippen molar-refractivity contribution < 1.29 is 9.63 Å². The van der Waals surface area contributed by atoms with Gasteiger partial charge in [-0.2, -0.15) is 0 Å². The van der Waals surface area contributed by atoms with Gasteiger partial charge in [0.05, 0.1) is 5.02 Å². The van der Waals surface area contributed by atoms with Gasteiger partial charge < -0.3 is 4.98 Å². The molecule has 0 atom stereocenters. The maximum atomic E-state index is 11.2. The van der Waals surface area contributed by atoms with Crippen LogP contribution in [0.4, 0.5) is 0 Å². The highest BCUT2D eigenvalue weighted by molar-refractivity contribution is 6.41. The number of hydroxylamine groups is 1. The van der Waals surface area contributed by atoms with Gasteiger partial charge in [0.15, 0.2) is 0 Å². The van der Waals surface area contributed by atoms with Crippen LogP contribution in [0.25, 0.3) is 0 Å². The van der Waals surface area contributed by atoms with Crippen molar-refractivity contribution in [2.45, 2.75) is 0 Å². The summed E-state index contributed by atoms with van der Waals surface area (Å²) < 4.78 is 0. The quantitative estimate of drug-likeness (QED) is 0.473. The van der Waals surface area contributed by atoms with E-state index in [-0.39, 0.29) is 22.5 Å². The monoisotopic (exact) mass is 232 g/mol. The molecular weight excluding hydrogens is 227 g/mol. The predicted molar refractivity (Wildman–Crippen MR) is 53.1 cm³/mol. The summed E-state index contributed by atoms with van der Waals surface area (Å²) >= 11 is 11.2. The summed E-state index contributed by atoms with van der Waals surface area (Å²) in [7, 11) is 0. The fraction of sp³-hybridized carbons (Fsp3) is 0.125. The molecule has 0 aliphatic carbocycles. The summed E-state index contributed by atoms with van der Waals surface area (Å²) in [5, 5.41) is 0.475. The highest BCUT2D eigenvalue weighted by Gasteiger charge is 2.10. The van der Waals surface area contributed by atoms with Crippen LogP contribution >= 0.6 is 23.2 Å². The lowest BCUT2D eigenvalue weighted by atomic mass is 10.4. The molecule has 4 nitrogen and oxygen atoms in total. The molecule has 74 valence electrons. The third-order valence-electron chi connectivity index (χ3n) is 1.29. The molecule has 6 heteroatoms. The molecule has 0 radical (unpaired) electrons. The molecule has 1 heterocycles. The Morgan fingerprint density at radius 3 is 2.93 bits per heavy atom. The van der Waals surface area contributed by atoms with Crippen LogP contribution in [0.3, 0.4) is 0 Å². The minimum absolute atomic E-state index is 0.00604. The fourth-order valence-electron chi connectivity index (χ4n) is 0.725. The average Bonchev–Trinajstić information content (AvgIpc) is 2.47. The number of amides is 1. The SMILES string of the molecule is C#CCONC(=O)c1cc(Cl)c(Cl)[nH]1. The van der Waals surface area contributed by atoms with Crippen molar-refractivity contribution in [1.82, 2.24) is 10.5 Å². The summed E-state index contributed by atoms with van der Waals surface area (Å²) in [6.45, 7) is -0.00604. The first-order chi connectivity index (χ1) is 6.65. The van der Waals surface area contributed by atoms with Crippen LogP contribution in [0.15, 0.2) is 6.07 Å². The second-order valence-electron chi connectivity index (χ2n) is 2.27. The standard InChI is InChI=1S/C8H6Cl2N2O2/c1-2-3-14-12-8(13)6-4-5(9)7(10)11-6/h1,4,11H,3H2,(H,12,13). The number of rotatable bonds is 3. The van der Waals surface area contributed by atoms with Gasteiger partial charge in [0.25, 0.3) is 5.91 Å². The van der Waals surface area contributed by atoms with Crippen molar-refractivity contribution in [3.05, 3.63) is 21.9 Å². The van der Waals surface area contributed by atoms with Crippen LogP contribution in [0.2, 0.25) is 10.2 Å². The molecule has 0 aliphatic heterocycles. The predicted octanol–water partition coefficient (Wildman–Crippen LogP) is 1.62. The topological polar surface area (TPSA) is 54.1 Å². The fourth-order valence-corrected chi connectivity index (χ4v) is 1.04. The Morgan fingerprint density at radius 2 is 2.43 bits per heavy atom. The van der Waals surface area contributed by atoms with Gasteiger partial charge in [-0.1, -0.05) is 29.1 Å². The minimum atomic E-state index is -0.492. The van der Waals surface area contributed by atoms with Crippen molar-refractivity contribution in [3.8, 4) is 12.3 Å². The van der Waals surface area contributed by atoms with Crippen LogP contribution in [-0.4, -0.2) is 17.5 Å². The second-order valence-corrected chi connectivity index (χ2v) is 3.05. The number of aromatic amines is 1. The Morgan fingerprint density at radius 1 is 1.71 bits per heavy atom. The molecule has 1 aromatic rings. The zero-order valence-electron chi connectivity index (χ0n) is 6.93. The molecule has 1 rings (SSSR count). The van der Waals surface area contributed by atoms with Crippen LogP contribution in [0.5, 0.6) is 0 Å². The maximum Gasteiger partial charge on any atom is 0.291 e. The molecule has 0 aromatic carbocycles. The van der Waals surface area contributed by atoms with E-state index in [2.05, 4.69) is 21.2 Å². The van der Waals surface area contributed by atoms with E-state index in [0.717, 1.165) is 0 Å². The lowest BCUT2D eigenvalue weighted by Crippen LogP contribution is -2.24. The van der Waals surface area contributed by atoms with E-state index in [9.17, 15) is 4.79 Å². The van der Waals surface area contributed by atoms with Crippen molar-refractivity contribution >= 4 is 29.1 Å². The van der Waals surface area contributed by atoms with Crippen LogP contribution < -0.4 is 5.48 Å². The number of hydrogen-bond donors (Lipinski definition) is 2. The maximum absolute atomic E-state index is 11.2. The first kappa shape index (κ1) is 10.9. The number of nitrogens with one attached hydrogen (secondary N) is 2. The van der Waals surface area contributed by atoms with Gasteiger partial charge in [0.1, 0.15) is 17.5 Å². The van der Waals surface area contributed by atoms with E-state index in [1.54, 1.807) is 0 Å². The highest BCUT2D eigenvalue weighted by Crippen LogP contribution is 2.21. The largest absolute Gasteiger partial charge is 0.340 e. The molecule has 1 amide bonds. The Kier molecular flexibility index (Phi) is 3.84. The molecule has 14 heavy (non-hydrogen) atoms. The number of H-pyrrole nitrogens is 1. The molecule has 0 saturated heterocycles. The molecule has 2 N–H and O–H groups in total. The van der Waals surface area contributed by atoms with Gasteiger partial charge in [-0.3, -0.25) is 9.63 Å². The molecule has 0 fully saturated rings. The first-order valence-electron chi connectivity index (χ1n) is 3.54. The van der Waals surface area contributed by atoms with Gasteiger partial charge in [-0.25, -0.2) is 5.48 Å². The van der Waals surface area contributed by atoms with Gasteiger partial charge in [-0.05, 0) is 6.07 Å². The molecule has 0 saturated carbocycles.